The Bertz CT molecular complexity index is 651. The molecule has 9 heteroatoms. The van der Waals surface area contributed by atoms with Crippen molar-refractivity contribution in [1.29, 1.82) is 0 Å². The Morgan fingerprint density at radius 1 is 1.38 bits per heavy atom. The fourth-order valence-electron chi connectivity index (χ4n) is 1.82. The number of nitrogens with zero attached hydrogens (tertiary/aromatic N) is 1. The van der Waals surface area contributed by atoms with Crippen molar-refractivity contribution in [1.82, 2.24) is 4.72 Å². The van der Waals surface area contributed by atoms with E-state index < -0.39 is 26.5 Å². The maximum atomic E-state index is 12.2. The summed E-state index contributed by atoms with van der Waals surface area (Å²) in [6.07, 6.45) is 0.0972. The van der Waals surface area contributed by atoms with Crippen LogP contribution in [-0.2, 0) is 14.8 Å². The summed E-state index contributed by atoms with van der Waals surface area (Å²) in [7, 11) is -4.18. The van der Waals surface area contributed by atoms with E-state index in [-0.39, 0.29) is 23.4 Å². The molecule has 0 aromatic heterocycles. The van der Waals surface area contributed by atoms with Gasteiger partial charge in [-0.1, -0.05) is 19.9 Å². The van der Waals surface area contributed by atoms with Gasteiger partial charge in [-0.2, -0.15) is 4.72 Å². The molecule has 116 valence electrons. The summed E-state index contributed by atoms with van der Waals surface area (Å²) < 4.78 is 26.6. The van der Waals surface area contributed by atoms with Gasteiger partial charge in [0.05, 0.1) is 9.82 Å². The molecular formula is C12H16N2O6S. The molecule has 0 heterocycles. The topological polar surface area (TPSA) is 127 Å². The highest BCUT2D eigenvalue weighted by Gasteiger charge is 2.39. The number of carboxylic acid groups (broad SMARTS) is 1. The minimum absolute atomic E-state index is 0.0486. The van der Waals surface area contributed by atoms with E-state index in [1.807, 2.05) is 0 Å². The lowest BCUT2D eigenvalue weighted by Gasteiger charge is -2.27. The van der Waals surface area contributed by atoms with Gasteiger partial charge >= 0.3 is 5.97 Å². The van der Waals surface area contributed by atoms with Crippen LogP contribution in [0.3, 0.4) is 0 Å². The Hall–Kier alpha value is -2.00. The summed E-state index contributed by atoms with van der Waals surface area (Å²) in [4.78, 5) is 21.0. The van der Waals surface area contributed by atoms with Crippen molar-refractivity contribution in [3.05, 3.63) is 34.4 Å². The van der Waals surface area contributed by atoms with Gasteiger partial charge in [-0.05, 0) is 18.9 Å². The monoisotopic (exact) mass is 316 g/mol. The van der Waals surface area contributed by atoms with E-state index in [2.05, 4.69) is 4.72 Å². The lowest BCUT2D eigenvalue weighted by molar-refractivity contribution is -0.385. The van der Waals surface area contributed by atoms with Gasteiger partial charge in [0.15, 0.2) is 0 Å². The van der Waals surface area contributed by atoms with Crippen LogP contribution in [0.2, 0.25) is 0 Å². The molecule has 0 unspecified atom stereocenters. The fraction of sp³-hybridized carbons (Fsp3) is 0.417. The molecule has 1 aromatic rings. The van der Waals surface area contributed by atoms with Crippen LogP contribution in [0.15, 0.2) is 29.2 Å². The van der Waals surface area contributed by atoms with Crippen molar-refractivity contribution in [3.63, 3.8) is 0 Å². The second-order valence-corrected chi connectivity index (χ2v) is 6.14. The zero-order chi connectivity index (χ0) is 16.3. The highest BCUT2D eigenvalue weighted by atomic mass is 32.2. The number of nitro benzene ring substituents is 1. The van der Waals surface area contributed by atoms with Crippen LogP contribution >= 0.6 is 0 Å². The molecule has 0 fully saturated rings. The number of benzene rings is 1. The van der Waals surface area contributed by atoms with Crippen LogP contribution in [0.1, 0.15) is 26.7 Å². The Morgan fingerprint density at radius 3 is 2.38 bits per heavy atom. The van der Waals surface area contributed by atoms with Crippen LogP contribution < -0.4 is 4.72 Å². The van der Waals surface area contributed by atoms with Gasteiger partial charge in [0, 0.05) is 12.1 Å². The average molecular weight is 316 g/mol. The van der Waals surface area contributed by atoms with Crippen LogP contribution in [0.25, 0.3) is 0 Å². The largest absolute Gasteiger partial charge is 0.480 e. The lowest BCUT2D eigenvalue weighted by atomic mass is 9.95. The number of sulfonamides is 1. The fourth-order valence-corrected chi connectivity index (χ4v) is 3.36. The maximum Gasteiger partial charge on any atom is 0.324 e. The molecule has 0 saturated heterocycles. The van der Waals surface area contributed by atoms with Crippen LogP contribution in [0.4, 0.5) is 5.69 Å². The smallest absolute Gasteiger partial charge is 0.324 e. The number of nitrogens with one attached hydrogen (secondary N) is 1. The molecule has 8 nitrogen and oxygen atoms in total. The number of nitro groups is 1. The number of non-ortho nitro benzene ring substituents is 1. The second kappa shape index (κ2) is 6.19. The van der Waals surface area contributed by atoms with Gasteiger partial charge in [0.1, 0.15) is 5.54 Å². The maximum absolute atomic E-state index is 12.2. The molecule has 2 N–H and O–H groups in total. The molecule has 0 aliphatic rings. The first kappa shape index (κ1) is 17.1. The van der Waals surface area contributed by atoms with Crippen molar-refractivity contribution in [2.24, 2.45) is 0 Å². The standard InChI is InChI=1S/C12H16N2O6S/c1-3-12(4-2,11(15)16)13-21(19,20)10-7-5-6-9(8-10)14(17)18/h5-8,13H,3-4H2,1-2H3,(H,15,16). The molecule has 1 rings (SSSR count). The van der Waals surface area contributed by atoms with Crippen molar-refractivity contribution < 1.29 is 23.2 Å². The Kier molecular flexibility index (Phi) is 5.02. The number of aliphatic carboxylic acids is 1. The number of rotatable bonds is 7. The normalized spacial score (nSPS) is 12.1. The molecule has 0 radical (unpaired) electrons. The van der Waals surface area contributed by atoms with E-state index in [9.17, 15) is 28.4 Å². The summed E-state index contributed by atoms with van der Waals surface area (Å²) in [5, 5.41) is 19.9. The van der Waals surface area contributed by atoms with Crippen LogP contribution in [0, 0.1) is 10.1 Å². The molecule has 0 amide bonds. The van der Waals surface area contributed by atoms with E-state index in [0.29, 0.717) is 0 Å². The summed E-state index contributed by atoms with van der Waals surface area (Å²) in [6.45, 7) is 3.10. The van der Waals surface area contributed by atoms with E-state index >= 15 is 0 Å². The van der Waals surface area contributed by atoms with Crippen molar-refractivity contribution >= 4 is 21.7 Å². The molecule has 0 spiro atoms. The van der Waals surface area contributed by atoms with E-state index in [0.717, 1.165) is 12.1 Å². The Morgan fingerprint density at radius 2 is 1.95 bits per heavy atom. The summed E-state index contributed by atoms with van der Waals surface area (Å²) >= 11 is 0. The summed E-state index contributed by atoms with van der Waals surface area (Å²) in [6, 6.07) is 4.45. The molecule has 0 aliphatic carbocycles. The van der Waals surface area contributed by atoms with Crippen LogP contribution in [-0.4, -0.2) is 30.0 Å². The third kappa shape index (κ3) is 3.56. The van der Waals surface area contributed by atoms with Gasteiger partial charge in [0.25, 0.3) is 5.69 Å². The van der Waals surface area contributed by atoms with Crippen molar-refractivity contribution in [2.75, 3.05) is 0 Å². The van der Waals surface area contributed by atoms with E-state index in [1.165, 1.54) is 12.1 Å². The predicted molar refractivity (Wildman–Crippen MR) is 74.4 cm³/mol. The molecular weight excluding hydrogens is 300 g/mol. The zero-order valence-corrected chi connectivity index (χ0v) is 12.4. The lowest BCUT2D eigenvalue weighted by Crippen LogP contribution is -2.53. The zero-order valence-electron chi connectivity index (χ0n) is 11.6. The van der Waals surface area contributed by atoms with Gasteiger partial charge in [-0.15, -0.1) is 0 Å². The highest BCUT2D eigenvalue weighted by molar-refractivity contribution is 7.89. The summed E-state index contributed by atoms with van der Waals surface area (Å²) in [5.74, 6) is -1.29. The van der Waals surface area contributed by atoms with Gasteiger partial charge in [-0.3, -0.25) is 14.9 Å². The molecule has 21 heavy (non-hydrogen) atoms. The molecule has 0 bridgehead atoms. The first-order valence-electron chi connectivity index (χ1n) is 6.20. The number of carbonyl (C=O) groups is 1. The Labute approximate surface area is 122 Å². The van der Waals surface area contributed by atoms with E-state index in [4.69, 9.17) is 0 Å². The minimum atomic E-state index is -4.18. The van der Waals surface area contributed by atoms with Gasteiger partial charge < -0.3 is 5.11 Å². The third-order valence-corrected chi connectivity index (χ3v) is 4.82. The Balaban J connectivity index is 3.26. The van der Waals surface area contributed by atoms with Gasteiger partial charge in [-0.25, -0.2) is 8.42 Å². The predicted octanol–water partition coefficient (Wildman–Crippen LogP) is 1.52. The molecule has 0 saturated carbocycles. The van der Waals surface area contributed by atoms with Gasteiger partial charge in [0.2, 0.25) is 10.0 Å². The van der Waals surface area contributed by atoms with Crippen molar-refractivity contribution in [2.45, 2.75) is 37.1 Å². The number of hydrogen-bond donors (Lipinski definition) is 2. The van der Waals surface area contributed by atoms with Crippen molar-refractivity contribution in [3.8, 4) is 0 Å². The first-order valence-corrected chi connectivity index (χ1v) is 7.68. The van der Waals surface area contributed by atoms with E-state index in [1.54, 1.807) is 13.8 Å². The minimum Gasteiger partial charge on any atom is -0.480 e. The quantitative estimate of drug-likeness (QED) is 0.580. The first-order chi connectivity index (χ1) is 9.68. The van der Waals surface area contributed by atoms with Crippen LogP contribution in [0.5, 0.6) is 0 Å². The average Bonchev–Trinajstić information content (AvgIpc) is 2.44. The second-order valence-electron chi connectivity index (χ2n) is 4.45. The summed E-state index contributed by atoms with van der Waals surface area (Å²) in [5.41, 5.74) is -2.02. The molecule has 0 aliphatic heterocycles. The number of hydrogen-bond acceptors (Lipinski definition) is 5. The third-order valence-electron chi connectivity index (χ3n) is 3.28. The highest BCUT2D eigenvalue weighted by Crippen LogP contribution is 2.22. The molecule has 1 aromatic carbocycles. The number of carboxylic acids is 1. The SMILES string of the molecule is CCC(CC)(NS(=O)(=O)c1cccc([N+](=O)[O-])c1)C(=O)O. The molecule has 0 atom stereocenters.